The topological polar surface area (TPSA) is 12.5 Å². The first kappa shape index (κ1) is 18.4. The molecular weight excluding hydrogens is 350 g/mol. The predicted octanol–water partition coefficient (Wildman–Crippen LogP) is 5.61. The summed E-state index contributed by atoms with van der Waals surface area (Å²) >= 11 is 2.04. The van der Waals surface area contributed by atoms with Crippen LogP contribution >= 0.6 is 11.8 Å². The fraction of sp³-hybridized carbons (Fsp3) is 0.333. The molecule has 1 saturated heterocycles. The van der Waals surface area contributed by atoms with Gasteiger partial charge in [-0.15, -0.1) is 11.8 Å². The average molecular weight is 378 g/mol. The highest BCUT2D eigenvalue weighted by Crippen LogP contribution is 2.40. The lowest BCUT2D eigenvalue weighted by molar-refractivity contribution is 0.207. The van der Waals surface area contributed by atoms with Crippen LogP contribution in [0.15, 0.2) is 72.8 Å². The van der Waals surface area contributed by atoms with Gasteiger partial charge in [0.25, 0.3) is 0 Å². The molecule has 1 heterocycles. The standard InChI is InChI=1S/C24H27NOS/c1-24(2)25(16-15-19-9-4-3-5-10-19)17-21(27-24)18-26-23-14-8-12-20-11-6-7-13-22(20)23/h3-14,21H,15-18H2,1-2H3. The second-order valence-corrected chi connectivity index (χ2v) is 9.56. The Morgan fingerprint density at radius 2 is 1.70 bits per heavy atom. The highest BCUT2D eigenvalue weighted by molar-refractivity contribution is 8.01. The number of hydrogen-bond acceptors (Lipinski definition) is 3. The van der Waals surface area contributed by atoms with E-state index in [1.165, 1.54) is 16.3 Å². The van der Waals surface area contributed by atoms with E-state index in [0.29, 0.717) is 5.25 Å². The van der Waals surface area contributed by atoms with Gasteiger partial charge in [-0.25, -0.2) is 0 Å². The van der Waals surface area contributed by atoms with Gasteiger partial charge in [-0.1, -0.05) is 66.7 Å². The minimum absolute atomic E-state index is 0.154. The molecule has 3 heteroatoms. The van der Waals surface area contributed by atoms with Gasteiger partial charge in [-0.3, -0.25) is 4.90 Å². The van der Waals surface area contributed by atoms with Crippen molar-refractivity contribution in [3.05, 3.63) is 78.4 Å². The first-order chi connectivity index (χ1) is 13.1. The van der Waals surface area contributed by atoms with Gasteiger partial charge < -0.3 is 4.74 Å². The number of nitrogens with zero attached hydrogens (tertiary/aromatic N) is 1. The van der Waals surface area contributed by atoms with Crippen molar-refractivity contribution in [3.63, 3.8) is 0 Å². The minimum atomic E-state index is 0.154. The molecule has 0 radical (unpaired) electrons. The van der Waals surface area contributed by atoms with Crippen molar-refractivity contribution in [3.8, 4) is 5.75 Å². The molecule has 0 aliphatic carbocycles. The van der Waals surface area contributed by atoms with Crippen molar-refractivity contribution in [1.29, 1.82) is 0 Å². The lowest BCUT2D eigenvalue weighted by Crippen LogP contribution is -2.38. The summed E-state index contributed by atoms with van der Waals surface area (Å²) in [5.74, 6) is 0.995. The van der Waals surface area contributed by atoms with E-state index in [4.69, 9.17) is 4.74 Å². The van der Waals surface area contributed by atoms with Crippen LogP contribution in [0.3, 0.4) is 0 Å². The molecule has 1 fully saturated rings. The smallest absolute Gasteiger partial charge is 0.127 e. The summed E-state index contributed by atoms with van der Waals surface area (Å²) in [5, 5.41) is 2.93. The molecule has 1 atom stereocenters. The average Bonchev–Trinajstić information content (AvgIpc) is 2.99. The van der Waals surface area contributed by atoms with Crippen LogP contribution < -0.4 is 4.74 Å². The third-order valence-electron chi connectivity index (χ3n) is 5.33. The first-order valence-electron chi connectivity index (χ1n) is 9.69. The normalized spacial score (nSPS) is 19.4. The molecule has 0 spiro atoms. The van der Waals surface area contributed by atoms with Gasteiger partial charge in [-0.05, 0) is 37.3 Å². The van der Waals surface area contributed by atoms with Gasteiger partial charge in [0.1, 0.15) is 12.4 Å². The fourth-order valence-electron chi connectivity index (χ4n) is 3.85. The Bertz CT molecular complexity index is 888. The number of hydrogen-bond donors (Lipinski definition) is 0. The largest absolute Gasteiger partial charge is 0.492 e. The highest BCUT2D eigenvalue weighted by Gasteiger charge is 2.38. The van der Waals surface area contributed by atoms with Crippen molar-refractivity contribution < 1.29 is 4.74 Å². The maximum Gasteiger partial charge on any atom is 0.127 e. The minimum Gasteiger partial charge on any atom is -0.492 e. The van der Waals surface area contributed by atoms with E-state index >= 15 is 0 Å². The lowest BCUT2D eigenvalue weighted by atomic mass is 10.1. The van der Waals surface area contributed by atoms with Gasteiger partial charge in [0.15, 0.2) is 0 Å². The number of fused-ring (bicyclic) bond motifs is 1. The van der Waals surface area contributed by atoms with E-state index in [-0.39, 0.29) is 4.87 Å². The number of thioether (sulfide) groups is 1. The maximum atomic E-state index is 6.26. The zero-order valence-electron chi connectivity index (χ0n) is 16.1. The third-order valence-corrected chi connectivity index (χ3v) is 6.78. The summed E-state index contributed by atoms with van der Waals surface area (Å²) in [4.78, 5) is 2.75. The molecule has 3 aromatic rings. The molecular formula is C24H27NOS. The van der Waals surface area contributed by atoms with E-state index in [9.17, 15) is 0 Å². The number of benzene rings is 3. The Morgan fingerprint density at radius 3 is 2.56 bits per heavy atom. The highest BCUT2D eigenvalue weighted by atomic mass is 32.2. The molecule has 0 aromatic heterocycles. The van der Waals surface area contributed by atoms with Crippen LogP contribution in [0.25, 0.3) is 10.8 Å². The molecule has 0 amide bonds. The zero-order valence-corrected chi connectivity index (χ0v) is 16.9. The maximum absolute atomic E-state index is 6.26. The van der Waals surface area contributed by atoms with Crippen molar-refractivity contribution in [2.24, 2.45) is 0 Å². The van der Waals surface area contributed by atoms with Gasteiger partial charge in [0, 0.05) is 18.5 Å². The van der Waals surface area contributed by atoms with E-state index in [1.807, 2.05) is 11.8 Å². The first-order valence-corrected chi connectivity index (χ1v) is 10.6. The van der Waals surface area contributed by atoms with Crippen LogP contribution in [0.1, 0.15) is 19.4 Å². The van der Waals surface area contributed by atoms with Crippen molar-refractivity contribution in [2.45, 2.75) is 30.4 Å². The van der Waals surface area contributed by atoms with Crippen LogP contribution in [0.2, 0.25) is 0 Å². The third kappa shape index (κ3) is 4.31. The second kappa shape index (κ2) is 7.95. The molecule has 4 rings (SSSR count). The Hall–Kier alpha value is -1.97. The Labute approximate surface area is 166 Å². The SMILES string of the molecule is CC1(C)SC(COc2cccc3ccccc23)CN1CCc1ccccc1. The summed E-state index contributed by atoms with van der Waals surface area (Å²) in [6, 6.07) is 25.5. The molecule has 0 bridgehead atoms. The van der Waals surface area contributed by atoms with Gasteiger partial charge in [0.05, 0.1) is 10.1 Å². The monoisotopic (exact) mass is 377 g/mol. The molecule has 0 saturated carbocycles. The van der Waals surface area contributed by atoms with Crippen molar-refractivity contribution >= 4 is 22.5 Å². The van der Waals surface area contributed by atoms with E-state index in [2.05, 4.69) is 91.5 Å². The van der Waals surface area contributed by atoms with E-state index < -0.39 is 0 Å². The van der Waals surface area contributed by atoms with Gasteiger partial charge in [-0.2, -0.15) is 0 Å². The summed E-state index contributed by atoms with van der Waals surface area (Å²) in [6.45, 7) is 7.59. The van der Waals surface area contributed by atoms with Crippen LogP contribution in [-0.2, 0) is 6.42 Å². The molecule has 1 aliphatic rings. The molecule has 1 aliphatic heterocycles. The van der Waals surface area contributed by atoms with E-state index in [0.717, 1.165) is 31.9 Å². The lowest BCUT2D eigenvalue weighted by Gasteiger charge is -2.30. The molecule has 27 heavy (non-hydrogen) atoms. The van der Waals surface area contributed by atoms with E-state index in [1.54, 1.807) is 0 Å². The second-order valence-electron chi connectivity index (χ2n) is 7.66. The van der Waals surface area contributed by atoms with Crippen LogP contribution in [-0.4, -0.2) is 34.7 Å². The predicted molar refractivity (Wildman–Crippen MR) is 117 cm³/mol. The Morgan fingerprint density at radius 1 is 0.963 bits per heavy atom. The Balaban J connectivity index is 1.37. The van der Waals surface area contributed by atoms with Crippen LogP contribution in [0, 0.1) is 0 Å². The fourth-order valence-corrected chi connectivity index (χ4v) is 5.37. The molecule has 140 valence electrons. The number of ether oxygens (including phenoxy) is 1. The van der Waals surface area contributed by atoms with Crippen molar-refractivity contribution in [1.82, 2.24) is 4.90 Å². The van der Waals surface area contributed by atoms with Crippen LogP contribution in [0.5, 0.6) is 5.75 Å². The molecule has 2 nitrogen and oxygen atoms in total. The summed E-state index contributed by atoms with van der Waals surface area (Å²) in [5.41, 5.74) is 1.41. The van der Waals surface area contributed by atoms with Crippen molar-refractivity contribution in [2.75, 3.05) is 19.7 Å². The van der Waals surface area contributed by atoms with Crippen LogP contribution in [0.4, 0.5) is 0 Å². The molecule has 0 N–H and O–H groups in total. The summed E-state index contributed by atoms with van der Waals surface area (Å²) in [6.07, 6.45) is 1.10. The molecule has 3 aromatic carbocycles. The Kier molecular flexibility index (Phi) is 5.42. The number of rotatable bonds is 6. The summed E-state index contributed by atoms with van der Waals surface area (Å²) in [7, 11) is 0. The summed E-state index contributed by atoms with van der Waals surface area (Å²) < 4.78 is 6.26. The molecule has 1 unspecified atom stereocenters. The van der Waals surface area contributed by atoms with Gasteiger partial charge >= 0.3 is 0 Å². The zero-order chi connectivity index (χ0) is 18.7. The van der Waals surface area contributed by atoms with Gasteiger partial charge in [0.2, 0.25) is 0 Å². The quantitative estimate of drug-likeness (QED) is 0.553.